The van der Waals surface area contributed by atoms with Crippen LogP contribution in [-0.2, 0) is 0 Å². The molecule has 2 heterocycles. The third-order valence-corrected chi connectivity index (χ3v) is 5.26. The standard InChI is InChI=1S/C16H20BrN3/c17-14-10-12(11-18)3-4-16(14)20-8-5-13(6-9-20)15-2-1-7-19-15/h3-4,10,13,15,19H,1-2,5-9H2. The highest BCUT2D eigenvalue weighted by atomic mass is 79.9. The fourth-order valence-corrected chi connectivity index (χ4v) is 4.12. The maximum atomic E-state index is 8.93. The zero-order chi connectivity index (χ0) is 13.9. The van der Waals surface area contributed by atoms with E-state index in [1.807, 2.05) is 12.1 Å². The predicted octanol–water partition coefficient (Wildman–Crippen LogP) is 3.29. The molecule has 0 amide bonds. The average molecular weight is 334 g/mol. The first-order valence-electron chi connectivity index (χ1n) is 7.46. The Bertz CT molecular complexity index is 509. The van der Waals surface area contributed by atoms with E-state index in [0.717, 1.165) is 29.5 Å². The van der Waals surface area contributed by atoms with Gasteiger partial charge in [-0.05, 0) is 72.3 Å². The van der Waals surface area contributed by atoms with Crippen LogP contribution in [0.2, 0.25) is 0 Å². The molecule has 4 heteroatoms. The summed E-state index contributed by atoms with van der Waals surface area (Å²) in [6.45, 7) is 3.44. The second kappa shape index (κ2) is 6.15. The number of nitrogens with zero attached hydrogens (tertiary/aromatic N) is 2. The molecule has 20 heavy (non-hydrogen) atoms. The molecule has 3 nitrogen and oxygen atoms in total. The van der Waals surface area contributed by atoms with Crippen LogP contribution in [0, 0.1) is 17.2 Å². The summed E-state index contributed by atoms with van der Waals surface area (Å²) in [6, 6.07) is 8.83. The monoisotopic (exact) mass is 333 g/mol. The van der Waals surface area contributed by atoms with Crippen LogP contribution in [0.3, 0.4) is 0 Å². The second-order valence-corrected chi connectivity index (χ2v) is 6.66. The van der Waals surface area contributed by atoms with Gasteiger partial charge in [-0.15, -0.1) is 0 Å². The van der Waals surface area contributed by atoms with Gasteiger partial charge in [0.25, 0.3) is 0 Å². The van der Waals surface area contributed by atoms with Crippen molar-refractivity contribution in [2.75, 3.05) is 24.5 Å². The minimum atomic E-state index is 0.714. The van der Waals surface area contributed by atoms with Crippen molar-refractivity contribution in [3.8, 4) is 6.07 Å². The SMILES string of the molecule is N#Cc1ccc(N2CCC(C3CCCN3)CC2)c(Br)c1. The van der Waals surface area contributed by atoms with E-state index in [-0.39, 0.29) is 0 Å². The van der Waals surface area contributed by atoms with Crippen molar-refractivity contribution in [3.05, 3.63) is 28.2 Å². The molecule has 0 bridgehead atoms. The summed E-state index contributed by atoms with van der Waals surface area (Å²) >= 11 is 3.60. The van der Waals surface area contributed by atoms with Gasteiger partial charge in [-0.25, -0.2) is 0 Å². The van der Waals surface area contributed by atoms with Crippen LogP contribution in [0.15, 0.2) is 22.7 Å². The highest BCUT2D eigenvalue weighted by Crippen LogP contribution is 2.32. The Morgan fingerprint density at radius 1 is 1.25 bits per heavy atom. The van der Waals surface area contributed by atoms with Crippen molar-refractivity contribution in [1.29, 1.82) is 5.26 Å². The Hall–Kier alpha value is -1.05. The molecule has 106 valence electrons. The van der Waals surface area contributed by atoms with Crippen molar-refractivity contribution in [1.82, 2.24) is 5.32 Å². The molecule has 2 aliphatic rings. The maximum Gasteiger partial charge on any atom is 0.0992 e. The smallest absolute Gasteiger partial charge is 0.0992 e. The zero-order valence-corrected chi connectivity index (χ0v) is 13.2. The summed E-state index contributed by atoms with van der Waals surface area (Å²) in [5.41, 5.74) is 1.94. The molecule has 0 aliphatic carbocycles. The summed E-state index contributed by atoms with van der Waals surface area (Å²) in [6.07, 6.45) is 5.23. The van der Waals surface area contributed by atoms with E-state index in [2.05, 4.69) is 38.3 Å². The van der Waals surface area contributed by atoms with E-state index in [1.54, 1.807) is 0 Å². The van der Waals surface area contributed by atoms with Crippen molar-refractivity contribution < 1.29 is 0 Å². The van der Waals surface area contributed by atoms with Gasteiger partial charge in [-0.3, -0.25) is 0 Å². The van der Waals surface area contributed by atoms with Crippen LogP contribution < -0.4 is 10.2 Å². The van der Waals surface area contributed by atoms with Crippen LogP contribution in [0.4, 0.5) is 5.69 Å². The molecule has 1 aromatic carbocycles. The van der Waals surface area contributed by atoms with Gasteiger partial charge in [0.1, 0.15) is 0 Å². The molecular weight excluding hydrogens is 314 g/mol. The third-order valence-electron chi connectivity index (χ3n) is 4.62. The van der Waals surface area contributed by atoms with Gasteiger partial charge < -0.3 is 10.2 Å². The fourth-order valence-electron chi connectivity index (χ4n) is 3.49. The van der Waals surface area contributed by atoms with Crippen LogP contribution in [0.5, 0.6) is 0 Å². The molecule has 1 N–H and O–H groups in total. The Balaban J connectivity index is 1.64. The second-order valence-electron chi connectivity index (χ2n) is 5.81. The first kappa shape index (κ1) is 13.9. The number of nitriles is 1. The zero-order valence-electron chi connectivity index (χ0n) is 11.6. The van der Waals surface area contributed by atoms with Crippen molar-refractivity contribution >= 4 is 21.6 Å². The number of halogens is 1. The van der Waals surface area contributed by atoms with E-state index in [4.69, 9.17) is 5.26 Å². The molecule has 1 aromatic rings. The van der Waals surface area contributed by atoms with Crippen LogP contribution in [0.25, 0.3) is 0 Å². The minimum absolute atomic E-state index is 0.714. The highest BCUT2D eigenvalue weighted by Gasteiger charge is 2.28. The Kier molecular flexibility index (Phi) is 4.28. The van der Waals surface area contributed by atoms with E-state index in [1.165, 1.54) is 37.9 Å². The summed E-state index contributed by atoms with van der Waals surface area (Å²) in [5.74, 6) is 0.839. The first-order valence-corrected chi connectivity index (χ1v) is 8.25. The molecule has 2 fully saturated rings. The molecule has 2 aliphatic heterocycles. The van der Waals surface area contributed by atoms with E-state index in [0.29, 0.717) is 5.56 Å². The van der Waals surface area contributed by atoms with Gasteiger partial charge in [0.05, 0.1) is 17.3 Å². The lowest BCUT2D eigenvalue weighted by Crippen LogP contribution is -2.41. The van der Waals surface area contributed by atoms with Crippen LogP contribution in [-0.4, -0.2) is 25.7 Å². The normalized spacial score (nSPS) is 23.8. The minimum Gasteiger partial charge on any atom is -0.371 e. The number of nitrogens with one attached hydrogen (secondary N) is 1. The summed E-state index contributed by atoms with van der Waals surface area (Å²) in [5, 5.41) is 12.6. The van der Waals surface area contributed by atoms with Crippen molar-refractivity contribution in [3.63, 3.8) is 0 Å². The largest absolute Gasteiger partial charge is 0.371 e. The molecule has 0 aromatic heterocycles. The summed E-state index contributed by atoms with van der Waals surface area (Å²) in [4.78, 5) is 2.44. The lowest BCUT2D eigenvalue weighted by atomic mass is 9.88. The van der Waals surface area contributed by atoms with E-state index < -0.39 is 0 Å². The number of hydrogen-bond donors (Lipinski definition) is 1. The topological polar surface area (TPSA) is 39.1 Å². The number of piperidine rings is 1. The van der Waals surface area contributed by atoms with Crippen molar-refractivity contribution in [2.24, 2.45) is 5.92 Å². The van der Waals surface area contributed by atoms with Gasteiger partial charge in [-0.2, -0.15) is 5.26 Å². The predicted molar refractivity (Wildman–Crippen MR) is 84.8 cm³/mol. The molecule has 2 saturated heterocycles. The lowest BCUT2D eigenvalue weighted by Gasteiger charge is -2.36. The molecule has 0 radical (unpaired) electrons. The van der Waals surface area contributed by atoms with Crippen LogP contribution in [0.1, 0.15) is 31.2 Å². The number of anilines is 1. The Labute approximate surface area is 129 Å². The molecule has 1 atom stereocenters. The molecular formula is C16H20BrN3. The first-order chi connectivity index (χ1) is 9.78. The maximum absolute atomic E-state index is 8.93. The highest BCUT2D eigenvalue weighted by molar-refractivity contribution is 9.10. The summed E-state index contributed by atoms with van der Waals surface area (Å²) < 4.78 is 1.04. The van der Waals surface area contributed by atoms with E-state index >= 15 is 0 Å². The van der Waals surface area contributed by atoms with Gasteiger partial charge in [0, 0.05) is 23.6 Å². The number of rotatable bonds is 2. The number of benzene rings is 1. The van der Waals surface area contributed by atoms with E-state index in [9.17, 15) is 0 Å². The summed E-state index contributed by atoms with van der Waals surface area (Å²) in [7, 11) is 0. The quantitative estimate of drug-likeness (QED) is 0.902. The average Bonchev–Trinajstić information content (AvgIpc) is 3.01. The molecule has 3 rings (SSSR count). The molecule has 1 unspecified atom stereocenters. The number of hydrogen-bond acceptors (Lipinski definition) is 3. The van der Waals surface area contributed by atoms with Gasteiger partial charge in [-0.1, -0.05) is 0 Å². The van der Waals surface area contributed by atoms with Crippen molar-refractivity contribution in [2.45, 2.75) is 31.7 Å². The van der Waals surface area contributed by atoms with Gasteiger partial charge in [0.15, 0.2) is 0 Å². The third kappa shape index (κ3) is 2.84. The lowest BCUT2D eigenvalue weighted by molar-refractivity contribution is 0.319. The molecule has 0 spiro atoms. The van der Waals surface area contributed by atoms with Crippen LogP contribution >= 0.6 is 15.9 Å². The molecule has 0 saturated carbocycles. The Morgan fingerprint density at radius 2 is 2.05 bits per heavy atom. The Morgan fingerprint density at radius 3 is 2.65 bits per heavy atom. The van der Waals surface area contributed by atoms with Gasteiger partial charge in [0.2, 0.25) is 0 Å². The fraction of sp³-hybridized carbons (Fsp3) is 0.562. The van der Waals surface area contributed by atoms with Gasteiger partial charge >= 0.3 is 0 Å².